The van der Waals surface area contributed by atoms with Crippen LogP contribution in [0.25, 0.3) is 110 Å². The van der Waals surface area contributed by atoms with Gasteiger partial charge in [0.1, 0.15) is 0 Å². The largest absolute Gasteiger partial charge is 0.481 e. The molecule has 10 nitrogen and oxygen atoms in total. The second-order valence-electron chi connectivity index (χ2n) is 31.1. The number of halogens is 2. The van der Waals surface area contributed by atoms with Crippen LogP contribution in [-0.2, 0) is 46.1 Å². The Morgan fingerprint density at radius 1 is 0.279 bits per heavy atom. The van der Waals surface area contributed by atoms with Crippen molar-refractivity contribution in [2.45, 2.75) is 131 Å². The van der Waals surface area contributed by atoms with Crippen molar-refractivity contribution in [1.29, 1.82) is 0 Å². The normalized spacial score (nSPS) is 12.6. The molecule has 0 unspecified atom stereocenters. The third-order valence-corrected chi connectivity index (χ3v) is 24.6. The number of para-hydroxylation sites is 2. The van der Waals surface area contributed by atoms with Gasteiger partial charge in [-0.3, -0.25) is 4.79 Å². The first-order chi connectivity index (χ1) is 49.2. The summed E-state index contributed by atoms with van der Waals surface area (Å²) < 4.78 is 68.9. The summed E-state index contributed by atoms with van der Waals surface area (Å²) in [7, 11) is -7.73. The zero-order chi connectivity index (χ0) is 73.9. The average molecular weight is 1630 g/mol. The number of hydrogen-bond acceptors (Lipinski definition) is 5. The van der Waals surface area contributed by atoms with Gasteiger partial charge in [-0.1, -0.05) is 168 Å². The van der Waals surface area contributed by atoms with Crippen LogP contribution in [0.5, 0.6) is 0 Å². The molecule has 1 N–H and O–H groups in total. The summed E-state index contributed by atoms with van der Waals surface area (Å²) >= 11 is 4.69. The first kappa shape index (κ1) is 71.7. The number of carbonyl (C=O) groups is 1. The van der Waals surface area contributed by atoms with Crippen LogP contribution >= 0.6 is 45.2 Å². The minimum absolute atomic E-state index is 0.00793. The summed E-state index contributed by atoms with van der Waals surface area (Å²) in [4.78, 5) is 10.0. The molecule has 524 valence electrons. The summed E-state index contributed by atoms with van der Waals surface area (Å²) in [6, 6.07) is 85.5. The standard InChI is InChI=1S/C44H38I2N2O2S.C44H40N2O2S.C2H4O2/c1-43(2,3)27-13-17-39-35(21-27)36-22-28(44(4,5)6)14-18-40(36)47(39)31-9-7-11-33(25-31)51(49,50)34-12-8-10-32(26-34)48-41-19-15-29(45)23-37(41)38-24-30(46)16-20-42(38)48;1-43(2,3)29-21-23-41-37(25-29)38-26-30(44(4,5)6)22-24-42(38)46(41)32-14-12-16-34(28-32)49(47,48)33-15-11-13-31(27-33)45-39-19-9-7-17-35(39)36-18-8-10-20-40(36)45;1-2(3)4/h7-26H,1-6H3;7-28H,1-6H3;1H3,(H,3,4). The topological polar surface area (TPSA) is 125 Å². The Hall–Kier alpha value is -9.33. The van der Waals surface area contributed by atoms with Crippen LogP contribution in [0.1, 0.15) is 112 Å². The molecular weight excluding hydrogens is 1550 g/mol. The maximum atomic E-state index is 14.5. The SMILES string of the molecule is CC(=O)O.CC(C)(C)c1ccc2c(c1)c1cc(C(C)(C)C)ccc1n2-c1cccc(S(=O)(=O)c2cccc(-n3c4ccc(I)cc4c4cc(I)ccc43)c2)c1.CC(C)(C)c1ccc2c(c1)c1cc(C(C)(C)C)ccc1n2-c1cccc(S(=O)(=O)c2cccc(-n3c4ccccc4c4ccccc43)c2)c1. The summed E-state index contributed by atoms with van der Waals surface area (Å²) in [5.74, 6) is -0.833. The Kier molecular flexibility index (Phi) is 18.4. The quantitative estimate of drug-likeness (QED) is 0.151. The van der Waals surface area contributed by atoms with E-state index in [0.717, 1.165) is 102 Å². The number of rotatable bonds is 8. The highest BCUT2D eigenvalue weighted by Gasteiger charge is 2.28. The second-order valence-corrected chi connectivity index (χ2v) is 37.5. The molecule has 104 heavy (non-hydrogen) atoms. The van der Waals surface area contributed by atoms with E-state index in [9.17, 15) is 16.8 Å². The number of hydrogen-bond donors (Lipinski definition) is 1. The van der Waals surface area contributed by atoms with Crippen molar-refractivity contribution >= 4 is 158 Å². The van der Waals surface area contributed by atoms with Crippen LogP contribution in [0.15, 0.2) is 274 Å². The number of carboxylic acid groups (broad SMARTS) is 1. The highest BCUT2D eigenvalue weighted by molar-refractivity contribution is 14.1. The van der Waals surface area contributed by atoms with Crippen LogP contribution in [0, 0.1) is 7.14 Å². The van der Waals surface area contributed by atoms with E-state index in [1.807, 2.05) is 84.9 Å². The lowest BCUT2D eigenvalue weighted by atomic mass is 9.85. The van der Waals surface area contributed by atoms with Crippen molar-refractivity contribution in [2.75, 3.05) is 0 Å². The molecule has 0 aliphatic rings. The molecular formula is C90H82I2N4O6S2. The molecule has 4 aromatic heterocycles. The summed E-state index contributed by atoms with van der Waals surface area (Å²) in [6.07, 6.45) is 0. The molecule has 12 aromatic carbocycles. The van der Waals surface area contributed by atoms with E-state index in [0.29, 0.717) is 0 Å². The molecule has 0 amide bonds. The number of aromatic nitrogens is 4. The molecule has 0 fully saturated rings. The monoisotopic (exact) mass is 1630 g/mol. The average Bonchev–Trinajstić information content (AvgIpc) is 1.59. The van der Waals surface area contributed by atoms with Crippen LogP contribution < -0.4 is 0 Å². The third kappa shape index (κ3) is 13.2. The van der Waals surface area contributed by atoms with Gasteiger partial charge in [-0.05, 0) is 259 Å². The number of carboxylic acids is 1. The minimum Gasteiger partial charge on any atom is -0.481 e. The molecule has 0 saturated heterocycles. The summed E-state index contributed by atoms with van der Waals surface area (Å²) in [6.45, 7) is 27.9. The van der Waals surface area contributed by atoms with E-state index in [1.165, 1.54) is 43.8 Å². The second kappa shape index (κ2) is 26.7. The number of fused-ring (bicyclic) bond motifs is 12. The molecule has 4 heterocycles. The lowest BCUT2D eigenvalue weighted by Gasteiger charge is -2.19. The van der Waals surface area contributed by atoms with E-state index < -0.39 is 25.6 Å². The predicted octanol–water partition coefficient (Wildman–Crippen LogP) is 23.9. The first-order valence-electron chi connectivity index (χ1n) is 34.8. The van der Waals surface area contributed by atoms with Gasteiger partial charge in [-0.2, -0.15) is 0 Å². The van der Waals surface area contributed by atoms with Gasteiger partial charge in [-0.15, -0.1) is 0 Å². The Morgan fingerprint density at radius 2 is 0.490 bits per heavy atom. The number of benzene rings is 12. The van der Waals surface area contributed by atoms with Crippen LogP contribution in [0.2, 0.25) is 0 Å². The van der Waals surface area contributed by atoms with Crippen molar-refractivity contribution < 1.29 is 26.7 Å². The Bertz CT molecular complexity index is 6140. The van der Waals surface area contributed by atoms with Crippen molar-refractivity contribution in [1.82, 2.24) is 18.3 Å². The lowest BCUT2D eigenvalue weighted by molar-refractivity contribution is -0.134. The zero-order valence-corrected chi connectivity index (χ0v) is 66.5. The van der Waals surface area contributed by atoms with E-state index in [4.69, 9.17) is 9.90 Å². The van der Waals surface area contributed by atoms with Crippen LogP contribution in [0.3, 0.4) is 0 Å². The van der Waals surface area contributed by atoms with Gasteiger partial charge >= 0.3 is 0 Å². The van der Waals surface area contributed by atoms with Gasteiger partial charge < -0.3 is 23.4 Å². The highest BCUT2D eigenvalue weighted by atomic mass is 127. The maximum absolute atomic E-state index is 14.5. The van der Waals surface area contributed by atoms with Crippen LogP contribution in [0.4, 0.5) is 0 Å². The summed E-state index contributed by atoms with van der Waals surface area (Å²) in [5, 5.41) is 16.6. The first-order valence-corrected chi connectivity index (χ1v) is 40.0. The lowest BCUT2D eigenvalue weighted by Crippen LogP contribution is -2.10. The van der Waals surface area contributed by atoms with Crippen molar-refractivity contribution in [3.8, 4) is 22.7 Å². The third-order valence-electron chi connectivity index (χ3n) is 19.8. The molecule has 16 aromatic rings. The van der Waals surface area contributed by atoms with Gasteiger partial charge in [0.15, 0.2) is 0 Å². The molecule has 0 bridgehead atoms. The fourth-order valence-corrected chi connectivity index (χ4v) is 18.0. The van der Waals surface area contributed by atoms with Crippen molar-refractivity contribution in [3.05, 3.63) is 284 Å². The van der Waals surface area contributed by atoms with E-state index in [1.54, 1.807) is 36.4 Å². The Balaban J connectivity index is 0.000000167. The number of nitrogens with zero attached hydrogens (tertiary/aromatic N) is 4. The Labute approximate surface area is 635 Å². The minimum atomic E-state index is -3.87. The van der Waals surface area contributed by atoms with Crippen LogP contribution in [-0.4, -0.2) is 46.2 Å². The van der Waals surface area contributed by atoms with E-state index in [2.05, 4.69) is 280 Å². The molecule has 0 atom stereocenters. The molecule has 14 heteroatoms. The number of sulfone groups is 2. The smallest absolute Gasteiger partial charge is 0.300 e. The van der Waals surface area contributed by atoms with E-state index in [-0.39, 0.29) is 41.2 Å². The fraction of sp³-hybridized carbons (Fsp3) is 0.189. The highest BCUT2D eigenvalue weighted by Crippen LogP contribution is 2.43. The molecule has 16 rings (SSSR count). The van der Waals surface area contributed by atoms with Gasteiger partial charge in [0, 0.05) is 79.9 Å². The van der Waals surface area contributed by atoms with Gasteiger partial charge in [-0.25, -0.2) is 16.8 Å². The van der Waals surface area contributed by atoms with Gasteiger partial charge in [0.05, 0.1) is 63.7 Å². The van der Waals surface area contributed by atoms with Gasteiger partial charge in [0.2, 0.25) is 19.7 Å². The van der Waals surface area contributed by atoms with Gasteiger partial charge in [0.25, 0.3) is 5.97 Å². The maximum Gasteiger partial charge on any atom is 0.300 e. The van der Waals surface area contributed by atoms with E-state index >= 15 is 0 Å². The predicted molar refractivity (Wildman–Crippen MR) is 448 cm³/mol. The molecule has 0 aliphatic heterocycles. The van der Waals surface area contributed by atoms with Crippen molar-refractivity contribution in [3.63, 3.8) is 0 Å². The Morgan fingerprint density at radius 3 is 0.731 bits per heavy atom. The molecule has 0 radical (unpaired) electrons. The molecule has 0 aliphatic carbocycles. The fourth-order valence-electron chi connectivity index (χ4n) is 14.3. The molecule has 0 saturated carbocycles. The van der Waals surface area contributed by atoms with Crippen molar-refractivity contribution in [2.24, 2.45) is 0 Å². The summed E-state index contributed by atoms with van der Waals surface area (Å²) in [5.41, 5.74) is 16.6. The molecule has 0 spiro atoms. The number of aliphatic carboxylic acids is 1. The zero-order valence-electron chi connectivity index (χ0n) is 60.6.